The van der Waals surface area contributed by atoms with Crippen LogP contribution in [0.5, 0.6) is 0 Å². The number of nitrogens with two attached hydrogens (primary N) is 1. The first-order chi connectivity index (χ1) is 9.19. The van der Waals surface area contributed by atoms with E-state index in [0.717, 1.165) is 5.56 Å². The average Bonchev–Trinajstić information content (AvgIpc) is 2.84. The van der Waals surface area contributed by atoms with Crippen LogP contribution < -0.4 is 16.5 Å². The van der Waals surface area contributed by atoms with Crippen molar-refractivity contribution < 1.29 is 4.79 Å². The van der Waals surface area contributed by atoms with Crippen LogP contribution >= 0.6 is 11.3 Å². The van der Waals surface area contributed by atoms with Gasteiger partial charge in [0.25, 0.3) is 5.91 Å². The molecule has 6 nitrogen and oxygen atoms in total. The van der Waals surface area contributed by atoms with Gasteiger partial charge in [-0.25, -0.2) is 4.98 Å². The van der Waals surface area contributed by atoms with Crippen LogP contribution in [0.1, 0.15) is 15.9 Å². The Labute approximate surface area is 114 Å². The van der Waals surface area contributed by atoms with Crippen LogP contribution in [0.15, 0.2) is 34.7 Å². The Bertz CT molecular complexity index is 590. The van der Waals surface area contributed by atoms with Gasteiger partial charge in [0.05, 0.1) is 6.21 Å². The molecule has 0 spiro atoms. The zero-order valence-electron chi connectivity index (χ0n) is 10.3. The summed E-state index contributed by atoms with van der Waals surface area (Å²) < 4.78 is 0. The maximum absolute atomic E-state index is 11.4. The minimum atomic E-state index is -0.111. The van der Waals surface area contributed by atoms with E-state index in [-0.39, 0.29) is 5.91 Å². The largest absolute Gasteiger partial charge is 0.383 e. The number of anilines is 2. The Balaban J connectivity index is 1.97. The zero-order valence-corrected chi connectivity index (χ0v) is 11.1. The molecular weight excluding hydrogens is 262 g/mol. The first kappa shape index (κ1) is 13.0. The second kappa shape index (κ2) is 5.96. The number of nitrogens with zero attached hydrogens (tertiary/aromatic N) is 2. The molecule has 2 rings (SSSR count). The predicted molar refractivity (Wildman–Crippen MR) is 77.6 cm³/mol. The molecule has 1 amide bonds. The quantitative estimate of drug-likeness (QED) is 0.583. The van der Waals surface area contributed by atoms with Gasteiger partial charge in [0.15, 0.2) is 0 Å². The summed E-state index contributed by atoms with van der Waals surface area (Å²) in [6, 6.07) is 7.10. The highest BCUT2D eigenvalue weighted by molar-refractivity contribution is 7.14. The van der Waals surface area contributed by atoms with Crippen molar-refractivity contribution in [3.05, 3.63) is 40.8 Å². The lowest BCUT2D eigenvalue weighted by Crippen LogP contribution is -2.17. The molecule has 0 fully saturated rings. The lowest BCUT2D eigenvalue weighted by molar-refractivity contribution is 0.0963. The summed E-state index contributed by atoms with van der Waals surface area (Å²) in [4.78, 5) is 15.4. The van der Waals surface area contributed by atoms with Crippen LogP contribution in [0, 0.1) is 0 Å². The summed E-state index contributed by atoms with van der Waals surface area (Å²) in [6.45, 7) is 0. The van der Waals surface area contributed by atoms with Crippen LogP contribution in [0.4, 0.5) is 10.9 Å². The molecule has 0 aliphatic heterocycles. The highest BCUT2D eigenvalue weighted by atomic mass is 32.1. The van der Waals surface area contributed by atoms with Crippen molar-refractivity contribution in [2.24, 2.45) is 5.10 Å². The lowest BCUT2D eigenvalue weighted by Gasteiger charge is -1.99. The van der Waals surface area contributed by atoms with E-state index in [1.165, 1.54) is 11.3 Å². The summed E-state index contributed by atoms with van der Waals surface area (Å²) in [6.07, 6.45) is 1.64. The molecule has 0 unspecified atom stereocenters. The Kier molecular flexibility index (Phi) is 4.09. The van der Waals surface area contributed by atoms with E-state index in [4.69, 9.17) is 5.73 Å². The monoisotopic (exact) mass is 275 g/mol. The smallest absolute Gasteiger partial charge is 0.251 e. The molecule has 0 aliphatic rings. The summed E-state index contributed by atoms with van der Waals surface area (Å²) in [5.41, 5.74) is 9.76. The van der Waals surface area contributed by atoms with Gasteiger partial charge in [0, 0.05) is 18.0 Å². The van der Waals surface area contributed by atoms with Gasteiger partial charge in [-0.1, -0.05) is 12.1 Å². The third-order valence-electron chi connectivity index (χ3n) is 2.30. The number of nitrogen functional groups attached to an aromatic ring is 1. The van der Waals surface area contributed by atoms with Gasteiger partial charge in [-0.15, -0.1) is 11.3 Å². The van der Waals surface area contributed by atoms with Gasteiger partial charge >= 0.3 is 0 Å². The fourth-order valence-electron chi connectivity index (χ4n) is 1.36. The number of rotatable bonds is 4. The molecule has 0 saturated carbocycles. The average molecular weight is 275 g/mol. The zero-order chi connectivity index (χ0) is 13.7. The van der Waals surface area contributed by atoms with Crippen molar-refractivity contribution in [2.45, 2.75) is 0 Å². The highest BCUT2D eigenvalue weighted by Gasteiger charge is 2.01. The molecule has 0 saturated heterocycles. The minimum absolute atomic E-state index is 0.111. The number of benzene rings is 1. The molecule has 7 heteroatoms. The normalized spacial score (nSPS) is 10.6. The number of nitrogens with one attached hydrogen (secondary N) is 2. The molecule has 98 valence electrons. The Morgan fingerprint density at radius 2 is 2.16 bits per heavy atom. The van der Waals surface area contributed by atoms with Gasteiger partial charge in [0.1, 0.15) is 5.82 Å². The molecule has 19 heavy (non-hydrogen) atoms. The Hall–Kier alpha value is -2.41. The maximum Gasteiger partial charge on any atom is 0.251 e. The number of thiazole rings is 1. The van der Waals surface area contributed by atoms with Crippen molar-refractivity contribution in [2.75, 3.05) is 18.2 Å². The first-order valence-electron chi connectivity index (χ1n) is 5.51. The van der Waals surface area contributed by atoms with Gasteiger partial charge in [-0.05, 0) is 17.7 Å². The number of carbonyl (C=O) groups is 1. The Morgan fingerprint density at radius 1 is 1.42 bits per heavy atom. The van der Waals surface area contributed by atoms with Crippen LogP contribution in [-0.2, 0) is 0 Å². The van der Waals surface area contributed by atoms with E-state index in [1.54, 1.807) is 30.8 Å². The van der Waals surface area contributed by atoms with Gasteiger partial charge in [-0.3, -0.25) is 10.2 Å². The van der Waals surface area contributed by atoms with E-state index in [1.807, 2.05) is 12.1 Å². The number of carbonyl (C=O) groups excluding carboxylic acids is 1. The number of hydrazone groups is 1. The second-order valence-electron chi connectivity index (χ2n) is 3.65. The van der Waals surface area contributed by atoms with Crippen LogP contribution in [0.25, 0.3) is 0 Å². The topological polar surface area (TPSA) is 92.4 Å². The van der Waals surface area contributed by atoms with Crippen molar-refractivity contribution in [1.29, 1.82) is 0 Å². The fourth-order valence-corrected chi connectivity index (χ4v) is 1.91. The maximum atomic E-state index is 11.4. The molecule has 4 N–H and O–H groups in total. The molecule has 1 aromatic heterocycles. The van der Waals surface area contributed by atoms with Crippen molar-refractivity contribution in [3.63, 3.8) is 0 Å². The van der Waals surface area contributed by atoms with Crippen molar-refractivity contribution >= 4 is 34.4 Å². The first-order valence-corrected chi connectivity index (χ1v) is 6.39. The van der Waals surface area contributed by atoms with E-state index in [9.17, 15) is 4.79 Å². The number of amides is 1. The van der Waals surface area contributed by atoms with E-state index in [0.29, 0.717) is 16.5 Å². The standard InChI is InChI=1S/C12H13N5OS/c1-14-11(18)9-4-2-8(3-5-9)6-15-17-12-16-10(13)7-19-12/h2-7H,13H2,1H3,(H,14,18)(H,16,17). The van der Waals surface area contributed by atoms with Crippen LogP contribution in [0.2, 0.25) is 0 Å². The molecule has 1 heterocycles. The van der Waals surface area contributed by atoms with E-state index in [2.05, 4.69) is 20.8 Å². The molecular formula is C12H13N5OS. The molecule has 0 bridgehead atoms. The van der Waals surface area contributed by atoms with Crippen LogP contribution in [-0.4, -0.2) is 24.2 Å². The Morgan fingerprint density at radius 3 is 2.74 bits per heavy atom. The molecule has 0 atom stereocenters. The lowest BCUT2D eigenvalue weighted by atomic mass is 10.1. The third-order valence-corrected chi connectivity index (χ3v) is 3.06. The number of aromatic nitrogens is 1. The van der Waals surface area contributed by atoms with Gasteiger partial charge < -0.3 is 11.1 Å². The number of hydrogen-bond acceptors (Lipinski definition) is 6. The third kappa shape index (κ3) is 3.52. The summed E-state index contributed by atoms with van der Waals surface area (Å²) in [5.74, 6) is 0.359. The molecule has 0 aliphatic carbocycles. The molecule has 2 aromatic rings. The van der Waals surface area contributed by atoms with Crippen molar-refractivity contribution in [1.82, 2.24) is 10.3 Å². The van der Waals surface area contributed by atoms with E-state index >= 15 is 0 Å². The fraction of sp³-hybridized carbons (Fsp3) is 0.0833. The SMILES string of the molecule is CNC(=O)c1ccc(C=NNc2nc(N)cs2)cc1. The molecule has 0 radical (unpaired) electrons. The van der Waals surface area contributed by atoms with Gasteiger partial charge in [-0.2, -0.15) is 5.10 Å². The van der Waals surface area contributed by atoms with Crippen LogP contribution in [0.3, 0.4) is 0 Å². The highest BCUT2D eigenvalue weighted by Crippen LogP contribution is 2.16. The van der Waals surface area contributed by atoms with Crippen molar-refractivity contribution in [3.8, 4) is 0 Å². The second-order valence-corrected chi connectivity index (χ2v) is 4.51. The van der Waals surface area contributed by atoms with E-state index < -0.39 is 0 Å². The summed E-state index contributed by atoms with van der Waals surface area (Å²) in [5, 5.41) is 8.97. The number of hydrogen-bond donors (Lipinski definition) is 3. The molecule has 1 aromatic carbocycles. The van der Waals surface area contributed by atoms with Gasteiger partial charge in [0.2, 0.25) is 5.13 Å². The minimum Gasteiger partial charge on any atom is -0.383 e. The summed E-state index contributed by atoms with van der Waals surface area (Å²) in [7, 11) is 1.60. The summed E-state index contributed by atoms with van der Waals surface area (Å²) >= 11 is 1.38. The predicted octanol–water partition coefficient (Wildman–Crippen LogP) is 1.53.